The van der Waals surface area contributed by atoms with Gasteiger partial charge >= 0.3 is 5.92 Å². The van der Waals surface area contributed by atoms with Crippen molar-refractivity contribution in [3.63, 3.8) is 0 Å². The van der Waals surface area contributed by atoms with E-state index in [1.165, 1.54) is 19.2 Å². The second-order valence-corrected chi connectivity index (χ2v) is 14.5. The third-order valence-electron chi connectivity index (χ3n) is 9.78. The summed E-state index contributed by atoms with van der Waals surface area (Å²) in [5.41, 5.74) is -1.54. The largest absolute Gasteiger partial charge is 0.333 e. The number of fused-ring (bicyclic) bond motifs is 3. The highest BCUT2D eigenvalue weighted by Crippen LogP contribution is 2.71. The minimum Gasteiger partial charge on any atom is -0.333 e. The number of halogens is 3. The van der Waals surface area contributed by atoms with Crippen molar-refractivity contribution in [2.45, 2.75) is 93.0 Å². The lowest BCUT2D eigenvalue weighted by Gasteiger charge is -2.66. The Morgan fingerprint density at radius 1 is 1.10 bits per heavy atom. The lowest BCUT2D eigenvalue weighted by molar-refractivity contribution is -0.215. The predicted octanol–water partition coefficient (Wildman–Crippen LogP) is 5.00. The fraction of sp³-hybridized carbons (Fsp3) is 0.667. The highest BCUT2D eigenvalue weighted by atomic mass is 32.2. The summed E-state index contributed by atoms with van der Waals surface area (Å²) >= 11 is 0. The molecule has 212 valence electrons. The van der Waals surface area contributed by atoms with Gasteiger partial charge in [-0.25, -0.2) is 17.5 Å². The average Bonchev–Trinajstić information content (AvgIpc) is 3.39. The number of nitrogens with zero attached hydrogens (tertiary/aromatic N) is 3. The number of benzene rings is 1. The van der Waals surface area contributed by atoms with Crippen LogP contribution >= 0.6 is 0 Å². The Kier molecular flexibility index (Phi) is 5.84. The Hall–Kier alpha value is -2.47. The minimum atomic E-state index is -3.72. The number of sulfonamides is 1. The van der Waals surface area contributed by atoms with E-state index in [0.29, 0.717) is 56.6 Å². The first-order valence-corrected chi connectivity index (χ1v) is 14.9. The van der Waals surface area contributed by atoms with Gasteiger partial charge in [-0.05, 0) is 93.9 Å². The van der Waals surface area contributed by atoms with Gasteiger partial charge in [0.1, 0.15) is 5.67 Å². The molecule has 2 aromatic rings. The monoisotopic (exact) mass is 566 g/mol. The topological polar surface area (TPSA) is 105 Å². The molecule has 6 aliphatic carbocycles. The molecule has 12 heteroatoms. The first-order valence-electron chi connectivity index (χ1n) is 13.5. The maximum atomic E-state index is 14.2. The SMILES string of the molecule is CNS(=O)(=O)c1cccc(N(CC23CCC(c4noc(C(C)(F)F)n4)(CC2)CC3)C(=O)CC23CC(F)(C2)C3)c1. The third kappa shape index (κ3) is 4.47. The summed E-state index contributed by atoms with van der Waals surface area (Å²) in [6.45, 7) is 1.14. The summed E-state index contributed by atoms with van der Waals surface area (Å²) in [6.07, 6.45) is 5.76. The van der Waals surface area contributed by atoms with Crippen molar-refractivity contribution in [1.29, 1.82) is 0 Å². The molecule has 0 aliphatic heterocycles. The van der Waals surface area contributed by atoms with Crippen molar-refractivity contribution in [2.24, 2.45) is 10.8 Å². The van der Waals surface area contributed by atoms with Crippen LogP contribution in [0.15, 0.2) is 33.7 Å². The number of hydrogen-bond acceptors (Lipinski definition) is 6. The van der Waals surface area contributed by atoms with Crippen LogP contribution in [0.4, 0.5) is 18.9 Å². The molecule has 1 aromatic heterocycles. The second-order valence-electron chi connectivity index (χ2n) is 12.6. The summed E-state index contributed by atoms with van der Waals surface area (Å²) in [6, 6.07) is 6.36. The Morgan fingerprint density at radius 2 is 1.74 bits per heavy atom. The molecule has 0 atom stereocenters. The molecule has 0 radical (unpaired) electrons. The van der Waals surface area contributed by atoms with Crippen molar-refractivity contribution in [3.05, 3.63) is 36.0 Å². The Morgan fingerprint density at radius 3 is 2.28 bits per heavy atom. The third-order valence-corrected chi connectivity index (χ3v) is 11.2. The second kappa shape index (κ2) is 8.52. The maximum Gasteiger partial charge on any atom is 0.322 e. The Bertz CT molecular complexity index is 1380. The van der Waals surface area contributed by atoms with E-state index in [-0.39, 0.29) is 28.1 Å². The summed E-state index contributed by atoms with van der Waals surface area (Å²) < 4.78 is 73.8. The van der Waals surface area contributed by atoms with E-state index in [1.807, 2.05) is 0 Å². The summed E-state index contributed by atoms with van der Waals surface area (Å²) in [5, 5.41) is 3.92. The van der Waals surface area contributed by atoms with Crippen molar-refractivity contribution in [1.82, 2.24) is 14.9 Å². The number of carbonyl (C=O) groups is 1. The molecule has 1 N–H and O–H groups in total. The quantitative estimate of drug-likeness (QED) is 0.458. The molecule has 0 unspecified atom stereocenters. The van der Waals surface area contributed by atoms with Crippen molar-refractivity contribution >= 4 is 21.6 Å². The number of aromatic nitrogens is 2. The number of anilines is 1. The number of nitrogens with one attached hydrogen (secondary N) is 1. The van der Waals surface area contributed by atoms with Gasteiger partial charge in [0.25, 0.3) is 5.89 Å². The fourth-order valence-electron chi connectivity index (χ4n) is 7.51. The molecule has 1 heterocycles. The zero-order chi connectivity index (χ0) is 27.9. The van der Waals surface area contributed by atoms with Crippen LogP contribution in [0.3, 0.4) is 0 Å². The molecule has 6 aliphatic rings. The van der Waals surface area contributed by atoms with Gasteiger partial charge in [-0.3, -0.25) is 4.79 Å². The first kappa shape index (κ1) is 26.7. The van der Waals surface area contributed by atoms with Crippen LogP contribution in [0.25, 0.3) is 0 Å². The zero-order valence-corrected chi connectivity index (χ0v) is 22.9. The molecule has 39 heavy (non-hydrogen) atoms. The van der Waals surface area contributed by atoms with E-state index in [9.17, 15) is 26.4 Å². The molecule has 4 bridgehead atoms. The van der Waals surface area contributed by atoms with E-state index in [0.717, 1.165) is 26.2 Å². The van der Waals surface area contributed by atoms with E-state index in [4.69, 9.17) is 4.52 Å². The Balaban J connectivity index is 1.25. The molecule has 6 fully saturated rings. The number of alkyl halides is 3. The molecular formula is C27H33F3N4O4S. The van der Waals surface area contributed by atoms with Crippen molar-refractivity contribution < 1.29 is 30.9 Å². The summed E-state index contributed by atoms with van der Waals surface area (Å²) in [7, 11) is -2.38. The highest BCUT2D eigenvalue weighted by Gasteiger charge is 2.69. The van der Waals surface area contributed by atoms with E-state index in [1.54, 1.807) is 17.0 Å². The van der Waals surface area contributed by atoms with Crippen LogP contribution in [-0.4, -0.2) is 43.7 Å². The minimum absolute atomic E-state index is 0.0676. The van der Waals surface area contributed by atoms with Gasteiger partial charge in [0.05, 0.1) is 4.90 Å². The highest BCUT2D eigenvalue weighted by molar-refractivity contribution is 7.89. The van der Waals surface area contributed by atoms with Crippen molar-refractivity contribution in [3.8, 4) is 0 Å². The lowest BCUT2D eigenvalue weighted by Crippen LogP contribution is -2.65. The number of rotatable bonds is 9. The van der Waals surface area contributed by atoms with Gasteiger partial charge in [0.2, 0.25) is 15.9 Å². The van der Waals surface area contributed by atoms with Crippen LogP contribution < -0.4 is 9.62 Å². The van der Waals surface area contributed by atoms with Gasteiger partial charge in [-0.15, -0.1) is 0 Å². The van der Waals surface area contributed by atoms with E-state index >= 15 is 0 Å². The normalized spacial score (nSPS) is 33.4. The lowest BCUT2D eigenvalue weighted by atomic mass is 9.41. The molecule has 8 rings (SSSR count). The maximum absolute atomic E-state index is 14.2. The van der Waals surface area contributed by atoms with Crippen LogP contribution in [0.5, 0.6) is 0 Å². The van der Waals surface area contributed by atoms with E-state index in [2.05, 4.69) is 14.9 Å². The van der Waals surface area contributed by atoms with Gasteiger partial charge in [0.15, 0.2) is 5.82 Å². The van der Waals surface area contributed by atoms with Crippen LogP contribution in [0.2, 0.25) is 0 Å². The number of amides is 1. The van der Waals surface area contributed by atoms with Gasteiger partial charge in [-0.1, -0.05) is 11.2 Å². The molecule has 1 amide bonds. The molecular weight excluding hydrogens is 533 g/mol. The van der Waals surface area contributed by atoms with Crippen molar-refractivity contribution in [2.75, 3.05) is 18.5 Å². The average molecular weight is 567 g/mol. The molecule has 6 saturated carbocycles. The predicted molar refractivity (Wildman–Crippen MR) is 135 cm³/mol. The van der Waals surface area contributed by atoms with Gasteiger partial charge in [0, 0.05) is 31.0 Å². The van der Waals surface area contributed by atoms with Crippen LogP contribution in [-0.2, 0) is 26.2 Å². The van der Waals surface area contributed by atoms with E-state index < -0.39 is 32.9 Å². The standard InChI is InChI=1S/C27H33F3N4O4S/c1-23(28,29)22-32-21(33-38-22)26-9-6-24(7-10-26,8-11-26)17-34(20(35)13-25-14-27(30,15-25)16-25)18-4-3-5-19(12-18)39(36,37)31-2/h3-5,12,31H,6-11,13-17H2,1-2H3. The number of hydrogen-bond donors (Lipinski definition) is 1. The Labute approximate surface area is 225 Å². The number of carbonyl (C=O) groups excluding carboxylic acids is 1. The first-order chi connectivity index (χ1) is 18.2. The molecule has 0 spiro atoms. The molecule has 1 aromatic carbocycles. The summed E-state index contributed by atoms with van der Waals surface area (Å²) in [5.74, 6) is -3.67. The van der Waals surface area contributed by atoms with Gasteiger partial charge in [-0.2, -0.15) is 13.8 Å². The smallest absolute Gasteiger partial charge is 0.322 e. The van der Waals surface area contributed by atoms with Crippen LogP contribution in [0.1, 0.15) is 82.8 Å². The summed E-state index contributed by atoms with van der Waals surface area (Å²) in [4.78, 5) is 19.6. The molecule has 0 saturated heterocycles. The van der Waals surface area contributed by atoms with Crippen LogP contribution in [0, 0.1) is 10.8 Å². The molecule has 8 nitrogen and oxygen atoms in total. The zero-order valence-electron chi connectivity index (χ0n) is 22.1. The fourth-order valence-corrected chi connectivity index (χ4v) is 8.28. The van der Waals surface area contributed by atoms with Gasteiger partial charge < -0.3 is 9.42 Å².